The molecule has 1 amide bonds. The topological polar surface area (TPSA) is 129 Å². The van der Waals surface area contributed by atoms with E-state index >= 15 is 0 Å². The fourth-order valence-corrected chi connectivity index (χ4v) is 3.07. The van der Waals surface area contributed by atoms with E-state index in [0.29, 0.717) is 12.1 Å². The van der Waals surface area contributed by atoms with Crippen molar-refractivity contribution in [1.29, 1.82) is 0 Å². The zero-order chi connectivity index (χ0) is 23.8. The Balaban J connectivity index is 1.68. The van der Waals surface area contributed by atoms with Crippen molar-refractivity contribution in [3.05, 3.63) is 76.3 Å². The summed E-state index contributed by atoms with van der Waals surface area (Å²) in [5.74, 6) is -1.67. The molecule has 0 saturated heterocycles. The lowest BCUT2D eigenvalue weighted by Gasteiger charge is -2.12. The molecule has 33 heavy (non-hydrogen) atoms. The van der Waals surface area contributed by atoms with Gasteiger partial charge in [0.1, 0.15) is 0 Å². The van der Waals surface area contributed by atoms with Crippen molar-refractivity contribution >= 4 is 23.5 Å². The molecule has 1 N–H and O–H groups in total. The average Bonchev–Trinajstić information content (AvgIpc) is 2.84. The number of pyridine rings is 1. The van der Waals surface area contributed by atoms with Gasteiger partial charge in [-0.25, -0.2) is 14.3 Å². The number of carbonyl (C=O) groups excluding carboxylic acids is 3. The number of nitrogens with zero attached hydrogens (tertiary/aromatic N) is 3. The third kappa shape index (κ3) is 5.88. The van der Waals surface area contributed by atoms with Crippen molar-refractivity contribution in [2.24, 2.45) is 0 Å². The first-order valence-corrected chi connectivity index (χ1v) is 10.0. The van der Waals surface area contributed by atoms with E-state index < -0.39 is 17.8 Å². The van der Waals surface area contributed by atoms with Gasteiger partial charge in [0.15, 0.2) is 0 Å². The lowest BCUT2D eigenvalue weighted by Crippen LogP contribution is -2.23. The molecule has 3 rings (SSSR count). The summed E-state index contributed by atoms with van der Waals surface area (Å²) in [6.07, 6.45) is 3.64. The van der Waals surface area contributed by atoms with Crippen LogP contribution in [-0.4, -0.2) is 46.8 Å². The highest BCUT2D eigenvalue weighted by molar-refractivity contribution is 6.03. The predicted molar refractivity (Wildman–Crippen MR) is 119 cm³/mol. The van der Waals surface area contributed by atoms with Gasteiger partial charge in [-0.05, 0) is 42.8 Å². The van der Waals surface area contributed by atoms with Gasteiger partial charge in [-0.3, -0.25) is 14.6 Å². The number of hydrogen-bond donors (Lipinski definition) is 1. The number of methoxy groups -OCH3 is 2. The van der Waals surface area contributed by atoms with E-state index in [-0.39, 0.29) is 35.3 Å². The molecule has 3 aromatic rings. The van der Waals surface area contributed by atoms with Gasteiger partial charge in [-0.1, -0.05) is 0 Å². The molecule has 0 spiro atoms. The van der Waals surface area contributed by atoms with Gasteiger partial charge in [-0.15, -0.1) is 0 Å². The number of anilines is 1. The Bertz CT molecular complexity index is 1220. The highest BCUT2D eigenvalue weighted by Crippen LogP contribution is 2.20. The van der Waals surface area contributed by atoms with Crippen LogP contribution in [0.15, 0.2) is 59.7 Å². The molecule has 0 aliphatic carbocycles. The van der Waals surface area contributed by atoms with Crippen LogP contribution >= 0.6 is 0 Å². The number of ether oxygens (including phenoxy) is 2. The normalized spacial score (nSPS) is 10.4. The van der Waals surface area contributed by atoms with Crippen LogP contribution in [0.25, 0.3) is 11.3 Å². The molecule has 0 radical (unpaired) electrons. The Hall–Kier alpha value is -4.34. The van der Waals surface area contributed by atoms with Crippen LogP contribution < -0.4 is 10.9 Å². The summed E-state index contributed by atoms with van der Waals surface area (Å²) in [5.41, 5.74) is 1.54. The van der Waals surface area contributed by atoms with Crippen LogP contribution in [0.4, 0.5) is 5.69 Å². The molecule has 2 heterocycles. The van der Waals surface area contributed by atoms with E-state index in [1.54, 1.807) is 30.6 Å². The van der Waals surface area contributed by atoms with Crippen molar-refractivity contribution in [3.8, 4) is 11.3 Å². The molecular weight excluding hydrogens is 428 g/mol. The number of hydrogen-bond acceptors (Lipinski definition) is 8. The molecule has 0 aliphatic heterocycles. The minimum absolute atomic E-state index is 0.0523. The largest absolute Gasteiger partial charge is 0.465 e. The smallest absolute Gasteiger partial charge is 0.339 e. The number of nitrogens with one attached hydrogen (secondary N) is 1. The van der Waals surface area contributed by atoms with Gasteiger partial charge in [0.2, 0.25) is 5.91 Å². The van der Waals surface area contributed by atoms with Crippen LogP contribution in [-0.2, 0) is 20.8 Å². The maximum atomic E-state index is 12.5. The van der Waals surface area contributed by atoms with Crippen LogP contribution in [0.1, 0.15) is 33.6 Å². The number of benzene rings is 1. The first-order valence-electron chi connectivity index (χ1n) is 10.0. The summed E-state index contributed by atoms with van der Waals surface area (Å²) >= 11 is 0. The number of esters is 2. The molecule has 0 unspecified atom stereocenters. The molecule has 10 heteroatoms. The molecule has 0 saturated carbocycles. The van der Waals surface area contributed by atoms with Gasteiger partial charge in [0.05, 0.1) is 36.7 Å². The van der Waals surface area contributed by atoms with E-state index in [4.69, 9.17) is 4.74 Å². The summed E-state index contributed by atoms with van der Waals surface area (Å²) in [5, 5.41) is 6.97. The molecule has 0 atom stereocenters. The quantitative estimate of drug-likeness (QED) is 0.518. The summed E-state index contributed by atoms with van der Waals surface area (Å²) in [6, 6.07) is 10.7. The number of aryl methyl sites for hydroxylation is 1. The highest BCUT2D eigenvalue weighted by atomic mass is 16.5. The van der Waals surface area contributed by atoms with Crippen molar-refractivity contribution < 1.29 is 23.9 Å². The molecule has 2 aromatic heterocycles. The maximum Gasteiger partial charge on any atom is 0.339 e. The standard InChI is InChI=1S/C23H22N4O6/c1-32-22(30)16-5-6-17(23(31)33-2)19(14-16)25-20(28)4-3-13-27-21(29)8-7-18(26-27)15-9-11-24-12-10-15/h5-12,14H,3-4,13H2,1-2H3,(H,25,28). The Morgan fingerprint density at radius 2 is 1.70 bits per heavy atom. The third-order valence-corrected chi connectivity index (χ3v) is 4.74. The molecule has 1 aromatic carbocycles. The van der Waals surface area contributed by atoms with Gasteiger partial charge in [0, 0.05) is 37.0 Å². The zero-order valence-corrected chi connectivity index (χ0v) is 18.1. The van der Waals surface area contributed by atoms with E-state index in [1.807, 2.05) is 0 Å². The fraction of sp³-hybridized carbons (Fsp3) is 0.217. The molecule has 0 bridgehead atoms. The summed E-state index contributed by atoms with van der Waals surface area (Å²) in [4.78, 5) is 52.4. The first-order chi connectivity index (χ1) is 15.9. The molecule has 0 aliphatic rings. The van der Waals surface area contributed by atoms with E-state index in [2.05, 4.69) is 20.1 Å². The molecular formula is C23H22N4O6. The van der Waals surface area contributed by atoms with E-state index in [1.165, 1.54) is 43.2 Å². The SMILES string of the molecule is COC(=O)c1ccc(C(=O)OC)c(NC(=O)CCCn2nc(-c3ccncc3)ccc2=O)c1. The predicted octanol–water partition coefficient (Wildman–Crippen LogP) is 2.30. The number of carbonyl (C=O) groups is 3. The summed E-state index contributed by atoms with van der Waals surface area (Å²) < 4.78 is 10.7. The van der Waals surface area contributed by atoms with Gasteiger partial charge >= 0.3 is 11.9 Å². The Morgan fingerprint density at radius 3 is 2.39 bits per heavy atom. The van der Waals surface area contributed by atoms with Crippen molar-refractivity contribution in [2.75, 3.05) is 19.5 Å². The van der Waals surface area contributed by atoms with Gasteiger partial charge in [-0.2, -0.15) is 5.10 Å². The monoisotopic (exact) mass is 450 g/mol. The molecule has 0 fully saturated rings. The van der Waals surface area contributed by atoms with Crippen LogP contribution in [0, 0.1) is 0 Å². The number of aromatic nitrogens is 3. The van der Waals surface area contributed by atoms with E-state index in [0.717, 1.165) is 5.56 Å². The lowest BCUT2D eigenvalue weighted by atomic mass is 10.1. The Kier molecular flexibility index (Phi) is 7.64. The Labute approximate surface area is 189 Å². The molecule has 170 valence electrons. The zero-order valence-electron chi connectivity index (χ0n) is 18.1. The first kappa shape index (κ1) is 23.3. The van der Waals surface area contributed by atoms with Gasteiger partial charge in [0.25, 0.3) is 5.56 Å². The highest BCUT2D eigenvalue weighted by Gasteiger charge is 2.17. The van der Waals surface area contributed by atoms with Gasteiger partial charge < -0.3 is 14.8 Å². The lowest BCUT2D eigenvalue weighted by molar-refractivity contribution is -0.116. The second kappa shape index (κ2) is 10.8. The van der Waals surface area contributed by atoms with Crippen molar-refractivity contribution in [2.45, 2.75) is 19.4 Å². The summed E-state index contributed by atoms with van der Waals surface area (Å²) in [7, 11) is 2.45. The minimum Gasteiger partial charge on any atom is -0.465 e. The van der Waals surface area contributed by atoms with Crippen LogP contribution in [0.3, 0.4) is 0 Å². The second-order valence-electron chi connectivity index (χ2n) is 6.91. The maximum absolute atomic E-state index is 12.5. The minimum atomic E-state index is -0.662. The van der Waals surface area contributed by atoms with Crippen LogP contribution in [0.2, 0.25) is 0 Å². The van der Waals surface area contributed by atoms with Crippen LogP contribution in [0.5, 0.6) is 0 Å². The van der Waals surface area contributed by atoms with Crippen molar-refractivity contribution in [1.82, 2.24) is 14.8 Å². The fourth-order valence-electron chi connectivity index (χ4n) is 3.07. The second-order valence-corrected chi connectivity index (χ2v) is 6.91. The third-order valence-electron chi connectivity index (χ3n) is 4.74. The average molecular weight is 450 g/mol. The summed E-state index contributed by atoms with van der Waals surface area (Å²) in [6.45, 7) is 0.219. The number of rotatable bonds is 8. The van der Waals surface area contributed by atoms with Crippen molar-refractivity contribution in [3.63, 3.8) is 0 Å². The Morgan fingerprint density at radius 1 is 0.970 bits per heavy atom. The molecule has 10 nitrogen and oxygen atoms in total. The number of amides is 1. The van der Waals surface area contributed by atoms with E-state index in [9.17, 15) is 19.2 Å².